The highest BCUT2D eigenvalue weighted by Gasteiger charge is 2.14. The van der Waals surface area contributed by atoms with Crippen LogP contribution in [0.4, 0.5) is 5.69 Å². The Morgan fingerprint density at radius 3 is 2.60 bits per heavy atom. The summed E-state index contributed by atoms with van der Waals surface area (Å²) >= 11 is 4.88. The van der Waals surface area contributed by atoms with Gasteiger partial charge < -0.3 is 11.2 Å². The van der Waals surface area contributed by atoms with Crippen molar-refractivity contribution in [3.8, 4) is 11.4 Å². The summed E-state index contributed by atoms with van der Waals surface area (Å²) in [5.74, 6) is 7.18. The molecule has 0 saturated carbocycles. The molecule has 25 heavy (non-hydrogen) atoms. The first-order chi connectivity index (χ1) is 12.1. The fraction of sp³-hybridized carbons (Fsp3) is 0.118. The van der Waals surface area contributed by atoms with Crippen LogP contribution in [0, 0.1) is 0 Å². The minimum Gasteiger partial charge on any atom is -0.335 e. The van der Waals surface area contributed by atoms with Gasteiger partial charge in [0.2, 0.25) is 11.1 Å². The molecule has 6 nitrogen and oxygen atoms in total. The van der Waals surface area contributed by atoms with E-state index in [9.17, 15) is 4.79 Å². The lowest BCUT2D eigenvalue weighted by Gasteiger charge is -2.06. The molecule has 2 aromatic carbocycles. The van der Waals surface area contributed by atoms with Gasteiger partial charge in [0.25, 0.3) is 0 Å². The molecule has 0 fully saturated rings. The molecule has 0 unspecified atom stereocenters. The Bertz CT molecular complexity index is 868. The number of aromatic nitrogens is 3. The monoisotopic (exact) mass is 417 g/mol. The molecule has 0 bridgehead atoms. The van der Waals surface area contributed by atoms with Gasteiger partial charge in [-0.25, -0.2) is 4.68 Å². The summed E-state index contributed by atoms with van der Waals surface area (Å²) in [6.45, 7) is 0. The van der Waals surface area contributed by atoms with Crippen molar-refractivity contribution in [1.29, 1.82) is 0 Å². The predicted octanol–water partition coefficient (Wildman–Crippen LogP) is 3.54. The number of thioether (sulfide) groups is 1. The number of nitrogens with one attached hydrogen (secondary N) is 1. The van der Waals surface area contributed by atoms with Crippen LogP contribution < -0.4 is 11.2 Å². The summed E-state index contributed by atoms with van der Waals surface area (Å²) in [4.78, 5) is 12.0. The highest BCUT2D eigenvalue weighted by atomic mass is 79.9. The molecule has 0 spiro atoms. The minimum absolute atomic E-state index is 0.0483. The molecular formula is C17H16BrN5OS. The quantitative estimate of drug-likeness (QED) is 0.473. The molecule has 1 amide bonds. The van der Waals surface area contributed by atoms with E-state index in [1.807, 2.05) is 54.6 Å². The number of amides is 1. The number of nitrogens with two attached hydrogens (primary N) is 1. The Morgan fingerprint density at radius 2 is 1.84 bits per heavy atom. The van der Waals surface area contributed by atoms with Crippen molar-refractivity contribution < 1.29 is 4.79 Å². The average Bonchev–Trinajstić information content (AvgIpc) is 2.97. The van der Waals surface area contributed by atoms with Gasteiger partial charge in [-0.15, -0.1) is 10.2 Å². The van der Waals surface area contributed by atoms with Gasteiger partial charge in [0.1, 0.15) is 0 Å². The van der Waals surface area contributed by atoms with Crippen molar-refractivity contribution in [2.75, 3.05) is 16.9 Å². The van der Waals surface area contributed by atoms with Crippen LogP contribution in [0.3, 0.4) is 0 Å². The van der Waals surface area contributed by atoms with Gasteiger partial charge in [-0.3, -0.25) is 4.79 Å². The number of hydrogen-bond donors (Lipinski definition) is 2. The largest absolute Gasteiger partial charge is 0.335 e. The number of anilines is 1. The first-order valence-electron chi connectivity index (χ1n) is 7.58. The van der Waals surface area contributed by atoms with Gasteiger partial charge in [0.05, 0.1) is 0 Å². The summed E-state index contributed by atoms with van der Waals surface area (Å²) in [5, 5.41) is 11.7. The molecule has 128 valence electrons. The zero-order chi connectivity index (χ0) is 17.6. The smallest absolute Gasteiger partial charge is 0.225 e. The van der Waals surface area contributed by atoms with E-state index in [0.717, 1.165) is 15.7 Å². The van der Waals surface area contributed by atoms with Crippen molar-refractivity contribution in [2.24, 2.45) is 0 Å². The average molecular weight is 418 g/mol. The van der Waals surface area contributed by atoms with Crippen LogP contribution in [0.2, 0.25) is 0 Å². The molecule has 1 aromatic heterocycles. The van der Waals surface area contributed by atoms with Gasteiger partial charge in [-0.05, 0) is 24.3 Å². The Balaban J connectivity index is 1.58. The number of nitrogen functional groups attached to an aromatic ring is 1. The van der Waals surface area contributed by atoms with Crippen molar-refractivity contribution in [3.05, 3.63) is 59.1 Å². The second-order valence-corrected chi connectivity index (χ2v) is 7.09. The standard InChI is InChI=1S/C17H16BrN5OS/c18-14-9-5-4-8-13(14)16-21-22-17(23(16)19)25-11-10-15(24)20-12-6-2-1-3-7-12/h1-9H,10-11,19H2,(H,20,24). The highest BCUT2D eigenvalue weighted by Crippen LogP contribution is 2.28. The maximum absolute atomic E-state index is 12.0. The first-order valence-corrected chi connectivity index (χ1v) is 9.36. The Hall–Kier alpha value is -2.32. The van der Waals surface area contributed by atoms with Crippen LogP contribution in [0.25, 0.3) is 11.4 Å². The van der Waals surface area contributed by atoms with Crippen LogP contribution >= 0.6 is 27.7 Å². The van der Waals surface area contributed by atoms with Crippen LogP contribution in [-0.4, -0.2) is 26.5 Å². The molecule has 3 N–H and O–H groups in total. The molecule has 1 heterocycles. The lowest BCUT2D eigenvalue weighted by atomic mass is 10.2. The molecule has 8 heteroatoms. The van der Waals surface area contributed by atoms with E-state index in [0.29, 0.717) is 23.2 Å². The minimum atomic E-state index is -0.0483. The zero-order valence-corrected chi connectivity index (χ0v) is 15.6. The zero-order valence-electron chi connectivity index (χ0n) is 13.2. The van der Waals surface area contributed by atoms with Crippen molar-refractivity contribution in [1.82, 2.24) is 14.9 Å². The number of para-hydroxylation sites is 1. The third-order valence-corrected chi connectivity index (χ3v) is 5.03. The molecule has 3 rings (SSSR count). The van der Waals surface area contributed by atoms with Crippen LogP contribution in [0.1, 0.15) is 6.42 Å². The van der Waals surface area contributed by atoms with Crippen LogP contribution in [-0.2, 0) is 4.79 Å². The Morgan fingerprint density at radius 1 is 1.12 bits per heavy atom. The summed E-state index contributed by atoms with van der Waals surface area (Å²) < 4.78 is 2.34. The second kappa shape index (κ2) is 8.17. The molecule has 0 aliphatic carbocycles. The Kier molecular flexibility index (Phi) is 5.72. The summed E-state index contributed by atoms with van der Waals surface area (Å²) in [7, 11) is 0. The SMILES string of the molecule is Nn1c(SCCC(=O)Nc2ccccc2)nnc1-c1ccccc1Br. The summed E-state index contributed by atoms with van der Waals surface area (Å²) in [5.41, 5.74) is 1.65. The number of halogens is 1. The first kappa shape index (κ1) is 17.5. The van der Waals surface area contributed by atoms with E-state index in [1.54, 1.807) is 0 Å². The highest BCUT2D eigenvalue weighted by molar-refractivity contribution is 9.10. The maximum Gasteiger partial charge on any atom is 0.225 e. The normalized spacial score (nSPS) is 10.6. The molecule has 0 atom stereocenters. The summed E-state index contributed by atoms with van der Waals surface area (Å²) in [6, 6.07) is 17.0. The number of hydrogen-bond acceptors (Lipinski definition) is 5. The van der Waals surface area contributed by atoms with Crippen LogP contribution in [0.15, 0.2) is 64.2 Å². The second-order valence-electron chi connectivity index (χ2n) is 5.17. The van der Waals surface area contributed by atoms with Crippen LogP contribution in [0.5, 0.6) is 0 Å². The molecule has 0 saturated heterocycles. The number of carbonyl (C=O) groups is 1. The van der Waals surface area contributed by atoms with Gasteiger partial charge in [0, 0.05) is 27.9 Å². The van der Waals surface area contributed by atoms with Crippen molar-refractivity contribution >= 4 is 39.3 Å². The van der Waals surface area contributed by atoms with E-state index in [1.165, 1.54) is 16.4 Å². The van der Waals surface area contributed by atoms with E-state index in [2.05, 4.69) is 31.4 Å². The molecule has 0 radical (unpaired) electrons. The van der Waals surface area contributed by atoms with Gasteiger partial charge >= 0.3 is 0 Å². The topological polar surface area (TPSA) is 85.8 Å². The van der Waals surface area contributed by atoms with Crippen molar-refractivity contribution in [2.45, 2.75) is 11.6 Å². The molecule has 3 aromatic rings. The van der Waals surface area contributed by atoms with Gasteiger partial charge in [-0.1, -0.05) is 58.0 Å². The Labute approximate surface area is 157 Å². The van der Waals surface area contributed by atoms with E-state index >= 15 is 0 Å². The lowest BCUT2D eigenvalue weighted by molar-refractivity contribution is -0.115. The van der Waals surface area contributed by atoms with Crippen molar-refractivity contribution in [3.63, 3.8) is 0 Å². The summed E-state index contributed by atoms with van der Waals surface area (Å²) in [6.07, 6.45) is 0.358. The van der Waals surface area contributed by atoms with E-state index in [4.69, 9.17) is 5.84 Å². The number of carbonyl (C=O) groups excluding carboxylic acids is 1. The predicted molar refractivity (Wildman–Crippen MR) is 104 cm³/mol. The third kappa shape index (κ3) is 4.40. The number of rotatable bonds is 6. The fourth-order valence-electron chi connectivity index (χ4n) is 2.18. The fourth-order valence-corrected chi connectivity index (χ4v) is 3.44. The van der Waals surface area contributed by atoms with E-state index in [-0.39, 0.29) is 5.91 Å². The van der Waals surface area contributed by atoms with Gasteiger partial charge in [-0.2, -0.15) is 0 Å². The molecule has 0 aliphatic rings. The maximum atomic E-state index is 12.0. The number of benzene rings is 2. The lowest BCUT2D eigenvalue weighted by Crippen LogP contribution is -2.14. The third-order valence-electron chi connectivity index (χ3n) is 3.40. The molecular weight excluding hydrogens is 402 g/mol. The molecule has 0 aliphatic heterocycles. The van der Waals surface area contributed by atoms with E-state index < -0.39 is 0 Å². The number of nitrogens with zero attached hydrogens (tertiary/aromatic N) is 3. The van der Waals surface area contributed by atoms with Gasteiger partial charge in [0.15, 0.2) is 5.82 Å².